The van der Waals surface area contributed by atoms with Gasteiger partial charge in [0.1, 0.15) is 0 Å². The number of nitrogens with zero attached hydrogens (tertiary/aromatic N) is 1. The van der Waals surface area contributed by atoms with Crippen LogP contribution in [-0.4, -0.2) is 61.0 Å². The normalized spacial score (nSPS) is 26.7. The van der Waals surface area contributed by atoms with Crippen molar-refractivity contribution in [3.63, 3.8) is 0 Å². The average molecular weight is 284 g/mol. The molecule has 0 spiro atoms. The van der Waals surface area contributed by atoms with Crippen molar-refractivity contribution in [3.8, 4) is 0 Å². The standard InChI is InChI=1S/C16H32N2O2/c1-16(13-19,17-14-7-8-14)9-5-10-18(2)12-15-6-3-4-11-20-15/h14-15,17,19H,3-13H2,1-2H3. The topological polar surface area (TPSA) is 44.7 Å². The molecule has 1 aliphatic heterocycles. The van der Waals surface area contributed by atoms with Gasteiger partial charge in [-0.3, -0.25) is 0 Å². The van der Waals surface area contributed by atoms with E-state index < -0.39 is 0 Å². The largest absolute Gasteiger partial charge is 0.394 e. The Balaban J connectivity index is 1.60. The summed E-state index contributed by atoms with van der Waals surface area (Å²) in [6, 6.07) is 0.653. The van der Waals surface area contributed by atoms with E-state index in [1.165, 1.54) is 32.1 Å². The number of hydrogen-bond donors (Lipinski definition) is 2. The van der Waals surface area contributed by atoms with E-state index in [2.05, 4.69) is 24.2 Å². The molecule has 0 aromatic rings. The highest BCUT2D eigenvalue weighted by Crippen LogP contribution is 2.24. The van der Waals surface area contributed by atoms with Gasteiger partial charge in [-0.25, -0.2) is 0 Å². The summed E-state index contributed by atoms with van der Waals surface area (Å²) in [6.07, 6.45) is 8.89. The van der Waals surface area contributed by atoms with Crippen molar-refractivity contribution in [2.45, 2.75) is 69.6 Å². The molecule has 118 valence electrons. The van der Waals surface area contributed by atoms with Crippen LogP contribution >= 0.6 is 0 Å². The van der Waals surface area contributed by atoms with Crippen molar-refractivity contribution in [1.29, 1.82) is 0 Å². The average Bonchev–Trinajstić information content (AvgIpc) is 3.23. The Bertz CT molecular complexity index is 278. The van der Waals surface area contributed by atoms with Gasteiger partial charge < -0.3 is 20.1 Å². The second-order valence-electron chi connectivity index (χ2n) is 6.99. The summed E-state index contributed by atoms with van der Waals surface area (Å²) < 4.78 is 5.78. The molecule has 2 rings (SSSR count). The van der Waals surface area contributed by atoms with Crippen molar-refractivity contribution >= 4 is 0 Å². The van der Waals surface area contributed by atoms with E-state index >= 15 is 0 Å². The Labute approximate surface area is 123 Å². The molecule has 2 N–H and O–H groups in total. The van der Waals surface area contributed by atoms with Gasteiger partial charge in [-0.15, -0.1) is 0 Å². The lowest BCUT2D eigenvalue weighted by molar-refractivity contribution is -0.00195. The molecule has 20 heavy (non-hydrogen) atoms. The molecule has 1 saturated heterocycles. The number of aliphatic hydroxyl groups excluding tert-OH is 1. The molecule has 1 aliphatic carbocycles. The van der Waals surface area contributed by atoms with Crippen molar-refractivity contribution in [1.82, 2.24) is 10.2 Å². The highest BCUT2D eigenvalue weighted by Gasteiger charge is 2.31. The van der Waals surface area contributed by atoms with Crippen LogP contribution in [-0.2, 0) is 4.74 Å². The van der Waals surface area contributed by atoms with Crippen LogP contribution in [0.4, 0.5) is 0 Å². The number of nitrogens with one attached hydrogen (secondary N) is 1. The van der Waals surface area contributed by atoms with Crippen molar-refractivity contribution < 1.29 is 9.84 Å². The first-order valence-corrected chi connectivity index (χ1v) is 8.30. The number of likely N-dealkylation sites (N-methyl/N-ethyl adjacent to an activating group) is 1. The van der Waals surface area contributed by atoms with Gasteiger partial charge in [0.05, 0.1) is 12.7 Å². The minimum Gasteiger partial charge on any atom is -0.394 e. The second kappa shape index (κ2) is 7.74. The molecule has 4 heteroatoms. The van der Waals surface area contributed by atoms with Gasteiger partial charge in [0, 0.05) is 24.7 Å². The fraction of sp³-hybridized carbons (Fsp3) is 1.00. The van der Waals surface area contributed by atoms with Gasteiger partial charge in [0.2, 0.25) is 0 Å². The van der Waals surface area contributed by atoms with E-state index in [1.807, 2.05) is 0 Å². The minimum absolute atomic E-state index is 0.0939. The predicted octanol–water partition coefficient (Wildman–Crippen LogP) is 1.77. The third-order valence-corrected chi connectivity index (χ3v) is 4.54. The molecule has 0 aromatic heterocycles. The SMILES string of the molecule is CN(CCCC(C)(CO)NC1CC1)CC1CCCCO1. The predicted molar refractivity (Wildman–Crippen MR) is 82.0 cm³/mol. The first kappa shape index (κ1) is 16.2. The maximum Gasteiger partial charge on any atom is 0.0701 e. The van der Waals surface area contributed by atoms with E-state index in [4.69, 9.17) is 4.74 Å². The smallest absolute Gasteiger partial charge is 0.0701 e. The third kappa shape index (κ3) is 5.68. The van der Waals surface area contributed by atoms with E-state index in [0.29, 0.717) is 12.1 Å². The molecule has 2 unspecified atom stereocenters. The van der Waals surface area contributed by atoms with Crippen molar-refractivity contribution in [3.05, 3.63) is 0 Å². The lowest BCUT2D eigenvalue weighted by atomic mass is 9.96. The van der Waals surface area contributed by atoms with Crippen LogP contribution in [0, 0.1) is 0 Å². The molecule has 0 aromatic carbocycles. The van der Waals surface area contributed by atoms with Crippen LogP contribution in [0.25, 0.3) is 0 Å². The minimum atomic E-state index is -0.0939. The summed E-state index contributed by atoms with van der Waals surface area (Å²) in [4.78, 5) is 2.38. The van der Waals surface area contributed by atoms with E-state index in [9.17, 15) is 5.11 Å². The Morgan fingerprint density at radius 2 is 2.10 bits per heavy atom. The summed E-state index contributed by atoms with van der Waals surface area (Å²) >= 11 is 0. The lowest BCUT2D eigenvalue weighted by Gasteiger charge is -2.31. The highest BCUT2D eigenvalue weighted by molar-refractivity contribution is 4.92. The molecular formula is C16H32N2O2. The maximum atomic E-state index is 9.59. The summed E-state index contributed by atoms with van der Waals surface area (Å²) in [5, 5.41) is 13.2. The summed E-state index contributed by atoms with van der Waals surface area (Å²) in [5.41, 5.74) is -0.0939. The lowest BCUT2D eigenvalue weighted by Crippen LogP contribution is -2.47. The van der Waals surface area contributed by atoms with E-state index in [-0.39, 0.29) is 12.1 Å². The van der Waals surface area contributed by atoms with Crippen LogP contribution in [0.1, 0.15) is 51.9 Å². The van der Waals surface area contributed by atoms with Crippen molar-refractivity contribution in [2.75, 3.05) is 33.4 Å². The van der Waals surface area contributed by atoms with E-state index in [0.717, 1.165) is 32.5 Å². The Kier molecular flexibility index (Phi) is 6.27. The van der Waals surface area contributed by atoms with Gasteiger partial charge in [0.15, 0.2) is 0 Å². The summed E-state index contributed by atoms with van der Waals surface area (Å²) in [5.74, 6) is 0. The maximum absolute atomic E-state index is 9.59. The molecule has 0 bridgehead atoms. The molecule has 0 radical (unpaired) electrons. The molecule has 2 aliphatic rings. The fourth-order valence-electron chi connectivity index (χ4n) is 3.05. The van der Waals surface area contributed by atoms with Gasteiger partial charge >= 0.3 is 0 Å². The zero-order valence-electron chi connectivity index (χ0n) is 13.2. The number of aliphatic hydroxyl groups is 1. The Morgan fingerprint density at radius 1 is 1.30 bits per heavy atom. The van der Waals surface area contributed by atoms with Gasteiger partial charge in [-0.2, -0.15) is 0 Å². The van der Waals surface area contributed by atoms with E-state index in [1.54, 1.807) is 0 Å². The quantitative estimate of drug-likeness (QED) is 0.677. The summed E-state index contributed by atoms with van der Waals surface area (Å²) in [6.45, 7) is 5.45. The molecule has 1 heterocycles. The number of rotatable bonds is 9. The number of ether oxygens (including phenoxy) is 1. The first-order chi connectivity index (χ1) is 9.61. The van der Waals surface area contributed by atoms with Crippen LogP contribution in [0.15, 0.2) is 0 Å². The molecule has 2 atom stereocenters. The van der Waals surface area contributed by atoms with Gasteiger partial charge in [0.25, 0.3) is 0 Å². The fourth-order valence-corrected chi connectivity index (χ4v) is 3.05. The second-order valence-corrected chi connectivity index (χ2v) is 6.99. The van der Waals surface area contributed by atoms with Crippen LogP contribution in [0.3, 0.4) is 0 Å². The highest BCUT2D eigenvalue weighted by atomic mass is 16.5. The van der Waals surface area contributed by atoms with Crippen LogP contribution < -0.4 is 5.32 Å². The first-order valence-electron chi connectivity index (χ1n) is 8.30. The monoisotopic (exact) mass is 284 g/mol. The zero-order valence-corrected chi connectivity index (χ0v) is 13.2. The van der Waals surface area contributed by atoms with Crippen LogP contribution in [0.5, 0.6) is 0 Å². The Hall–Kier alpha value is -0.160. The molecular weight excluding hydrogens is 252 g/mol. The molecule has 4 nitrogen and oxygen atoms in total. The van der Waals surface area contributed by atoms with Crippen molar-refractivity contribution in [2.24, 2.45) is 0 Å². The van der Waals surface area contributed by atoms with Gasteiger partial charge in [-0.1, -0.05) is 0 Å². The molecule has 1 saturated carbocycles. The Morgan fingerprint density at radius 3 is 2.70 bits per heavy atom. The summed E-state index contributed by atoms with van der Waals surface area (Å²) in [7, 11) is 2.18. The van der Waals surface area contributed by atoms with Crippen LogP contribution in [0.2, 0.25) is 0 Å². The molecule has 2 fully saturated rings. The zero-order chi connectivity index (χ0) is 14.4. The van der Waals surface area contributed by atoms with Gasteiger partial charge in [-0.05, 0) is 65.5 Å². The molecule has 0 amide bonds. The third-order valence-electron chi connectivity index (χ3n) is 4.54. The number of hydrogen-bond acceptors (Lipinski definition) is 4.